The SMILES string of the molecule is Cc1nnn(CCNC(=O)c2ccc(F)cc2F)n1. The smallest absolute Gasteiger partial charge is 0.254 e. The van der Waals surface area contributed by atoms with Gasteiger partial charge in [-0.1, -0.05) is 0 Å². The van der Waals surface area contributed by atoms with E-state index in [4.69, 9.17) is 0 Å². The predicted molar refractivity (Wildman–Crippen MR) is 61.2 cm³/mol. The molecule has 6 nitrogen and oxygen atoms in total. The molecule has 0 radical (unpaired) electrons. The number of carbonyl (C=O) groups is 1. The summed E-state index contributed by atoms with van der Waals surface area (Å²) in [6.45, 7) is 2.22. The summed E-state index contributed by atoms with van der Waals surface area (Å²) >= 11 is 0. The standard InChI is InChI=1S/C11H11F2N5O/c1-7-15-17-18(16-7)5-4-14-11(19)9-3-2-8(12)6-10(9)13/h2-3,6H,4-5H2,1H3,(H,14,19). The molecule has 1 N–H and O–H groups in total. The van der Waals surface area contributed by atoms with Crippen LogP contribution in [0.3, 0.4) is 0 Å². The summed E-state index contributed by atoms with van der Waals surface area (Å²) in [7, 11) is 0. The van der Waals surface area contributed by atoms with Gasteiger partial charge in [-0.3, -0.25) is 4.79 Å². The highest BCUT2D eigenvalue weighted by Crippen LogP contribution is 2.08. The number of tetrazole rings is 1. The third kappa shape index (κ3) is 3.30. The minimum Gasteiger partial charge on any atom is -0.350 e. The average Bonchev–Trinajstić information content (AvgIpc) is 2.75. The van der Waals surface area contributed by atoms with E-state index in [1.165, 1.54) is 4.80 Å². The van der Waals surface area contributed by atoms with Gasteiger partial charge in [0.05, 0.1) is 12.1 Å². The molecule has 0 saturated carbocycles. The van der Waals surface area contributed by atoms with Crippen LogP contribution in [0.1, 0.15) is 16.2 Å². The minimum atomic E-state index is -0.896. The van der Waals surface area contributed by atoms with Gasteiger partial charge in [-0.25, -0.2) is 8.78 Å². The lowest BCUT2D eigenvalue weighted by Crippen LogP contribution is -2.28. The Balaban J connectivity index is 1.90. The van der Waals surface area contributed by atoms with Crippen molar-refractivity contribution >= 4 is 5.91 Å². The topological polar surface area (TPSA) is 72.7 Å². The summed E-state index contributed by atoms with van der Waals surface area (Å²) in [6.07, 6.45) is 0. The predicted octanol–water partition coefficient (Wildman–Crippen LogP) is 0.690. The lowest BCUT2D eigenvalue weighted by Gasteiger charge is -2.05. The van der Waals surface area contributed by atoms with Crippen molar-refractivity contribution in [2.45, 2.75) is 13.5 Å². The molecule has 1 aromatic heterocycles. The maximum atomic E-state index is 13.3. The van der Waals surface area contributed by atoms with E-state index in [1.807, 2.05) is 0 Å². The average molecular weight is 267 g/mol. The molecule has 0 saturated heterocycles. The molecule has 19 heavy (non-hydrogen) atoms. The largest absolute Gasteiger partial charge is 0.350 e. The van der Waals surface area contributed by atoms with Crippen molar-refractivity contribution in [2.24, 2.45) is 0 Å². The number of aromatic nitrogens is 4. The molecule has 0 atom stereocenters. The molecule has 0 aliphatic rings. The normalized spacial score (nSPS) is 10.5. The first-order chi connectivity index (χ1) is 9.06. The number of aryl methyl sites for hydroxylation is 1. The zero-order valence-corrected chi connectivity index (χ0v) is 10.1. The molecule has 0 spiro atoms. The number of hydrogen-bond acceptors (Lipinski definition) is 4. The van der Waals surface area contributed by atoms with Crippen LogP contribution in [0.4, 0.5) is 8.78 Å². The van der Waals surface area contributed by atoms with E-state index in [9.17, 15) is 13.6 Å². The summed E-state index contributed by atoms with van der Waals surface area (Å²) in [5.41, 5.74) is -0.205. The molecule has 0 unspecified atom stereocenters. The van der Waals surface area contributed by atoms with Crippen molar-refractivity contribution in [3.8, 4) is 0 Å². The van der Waals surface area contributed by atoms with Gasteiger partial charge in [-0.05, 0) is 24.3 Å². The van der Waals surface area contributed by atoms with E-state index in [-0.39, 0.29) is 12.1 Å². The second-order valence-corrected chi connectivity index (χ2v) is 3.81. The first kappa shape index (κ1) is 13.1. The molecular formula is C11H11F2N5O. The third-order valence-corrected chi connectivity index (χ3v) is 2.33. The third-order valence-electron chi connectivity index (χ3n) is 2.33. The molecule has 0 fully saturated rings. The zero-order valence-electron chi connectivity index (χ0n) is 10.1. The van der Waals surface area contributed by atoms with E-state index in [0.717, 1.165) is 12.1 Å². The number of nitrogens with one attached hydrogen (secondary N) is 1. The Bertz CT molecular complexity index is 599. The molecule has 0 bridgehead atoms. The highest BCUT2D eigenvalue weighted by molar-refractivity contribution is 5.94. The molecule has 1 aromatic carbocycles. The number of nitrogens with zero attached hydrogens (tertiary/aromatic N) is 4. The fraction of sp³-hybridized carbons (Fsp3) is 0.273. The van der Waals surface area contributed by atoms with E-state index in [0.29, 0.717) is 18.4 Å². The quantitative estimate of drug-likeness (QED) is 0.884. The van der Waals surface area contributed by atoms with Crippen molar-refractivity contribution < 1.29 is 13.6 Å². The Morgan fingerprint density at radius 2 is 2.21 bits per heavy atom. The van der Waals surface area contributed by atoms with Crippen LogP contribution in [0.5, 0.6) is 0 Å². The van der Waals surface area contributed by atoms with Gasteiger partial charge in [0.2, 0.25) is 0 Å². The highest BCUT2D eigenvalue weighted by atomic mass is 19.1. The zero-order chi connectivity index (χ0) is 13.8. The maximum Gasteiger partial charge on any atom is 0.254 e. The monoisotopic (exact) mass is 267 g/mol. The van der Waals surface area contributed by atoms with Crippen LogP contribution in [0.25, 0.3) is 0 Å². The van der Waals surface area contributed by atoms with Crippen LogP contribution in [0.15, 0.2) is 18.2 Å². The van der Waals surface area contributed by atoms with Crippen molar-refractivity contribution in [1.29, 1.82) is 0 Å². The number of hydrogen-bond donors (Lipinski definition) is 1. The molecule has 8 heteroatoms. The summed E-state index contributed by atoms with van der Waals surface area (Å²) in [5.74, 6) is -1.71. The minimum absolute atomic E-state index is 0.205. The van der Waals surface area contributed by atoms with E-state index in [1.54, 1.807) is 6.92 Å². The Morgan fingerprint density at radius 3 is 2.84 bits per heavy atom. The fourth-order valence-electron chi connectivity index (χ4n) is 1.46. The molecule has 2 aromatic rings. The Kier molecular flexibility index (Phi) is 3.79. The Labute approximate surface area is 107 Å². The number of rotatable bonds is 4. The lowest BCUT2D eigenvalue weighted by atomic mass is 10.2. The van der Waals surface area contributed by atoms with Crippen LogP contribution in [0, 0.1) is 18.6 Å². The molecule has 0 aliphatic heterocycles. The Hall–Kier alpha value is -2.38. The molecular weight excluding hydrogens is 256 g/mol. The highest BCUT2D eigenvalue weighted by Gasteiger charge is 2.11. The molecule has 2 rings (SSSR count). The number of halogens is 2. The van der Waals surface area contributed by atoms with Gasteiger partial charge in [0.15, 0.2) is 5.82 Å². The van der Waals surface area contributed by atoms with Crippen molar-refractivity contribution in [3.05, 3.63) is 41.2 Å². The molecule has 0 aliphatic carbocycles. The van der Waals surface area contributed by atoms with E-state index >= 15 is 0 Å². The maximum absolute atomic E-state index is 13.3. The second kappa shape index (κ2) is 5.51. The van der Waals surface area contributed by atoms with Crippen molar-refractivity contribution in [1.82, 2.24) is 25.5 Å². The first-order valence-corrected chi connectivity index (χ1v) is 5.54. The van der Waals surface area contributed by atoms with E-state index < -0.39 is 17.5 Å². The van der Waals surface area contributed by atoms with Crippen molar-refractivity contribution in [2.75, 3.05) is 6.54 Å². The van der Waals surface area contributed by atoms with Gasteiger partial charge in [0.1, 0.15) is 11.6 Å². The van der Waals surface area contributed by atoms with Crippen molar-refractivity contribution in [3.63, 3.8) is 0 Å². The summed E-state index contributed by atoms with van der Waals surface area (Å²) in [5, 5.41) is 13.8. The van der Waals surface area contributed by atoms with Gasteiger partial charge >= 0.3 is 0 Å². The second-order valence-electron chi connectivity index (χ2n) is 3.81. The number of carbonyl (C=O) groups excluding carboxylic acids is 1. The van der Waals surface area contributed by atoms with Gasteiger partial charge in [0.25, 0.3) is 5.91 Å². The number of amides is 1. The fourth-order valence-corrected chi connectivity index (χ4v) is 1.46. The summed E-state index contributed by atoms with van der Waals surface area (Å²) in [4.78, 5) is 12.9. The van der Waals surface area contributed by atoms with Gasteiger partial charge in [-0.15, -0.1) is 10.2 Å². The van der Waals surface area contributed by atoms with Gasteiger partial charge in [0, 0.05) is 12.6 Å². The molecule has 1 amide bonds. The van der Waals surface area contributed by atoms with Crippen LogP contribution in [0.2, 0.25) is 0 Å². The lowest BCUT2D eigenvalue weighted by molar-refractivity contribution is 0.0947. The van der Waals surface area contributed by atoms with Gasteiger partial charge in [-0.2, -0.15) is 4.80 Å². The summed E-state index contributed by atoms with van der Waals surface area (Å²) < 4.78 is 26.0. The van der Waals surface area contributed by atoms with Crippen LogP contribution < -0.4 is 5.32 Å². The molecule has 1 heterocycles. The number of benzene rings is 1. The van der Waals surface area contributed by atoms with E-state index in [2.05, 4.69) is 20.7 Å². The van der Waals surface area contributed by atoms with Crippen LogP contribution in [-0.2, 0) is 6.54 Å². The molecule has 100 valence electrons. The summed E-state index contributed by atoms with van der Waals surface area (Å²) in [6, 6.07) is 2.79. The van der Waals surface area contributed by atoms with Gasteiger partial charge < -0.3 is 5.32 Å². The van der Waals surface area contributed by atoms with Crippen LogP contribution >= 0.6 is 0 Å². The Morgan fingerprint density at radius 1 is 1.42 bits per heavy atom. The van der Waals surface area contributed by atoms with Crippen LogP contribution in [-0.4, -0.2) is 32.7 Å². The first-order valence-electron chi connectivity index (χ1n) is 5.54.